The highest BCUT2D eigenvalue weighted by Gasteiger charge is 2.03. The van der Waals surface area contributed by atoms with Gasteiger partial charge in [-0.2, -0.15) is 0 Å². The second-order valence-electron chi connectivity index (χ2n) is 2.79. The van der Waals surface area contributed by atoms with Crippen molar-refractivity contribution < 1.29 is 0 Å². The molecule has 0 aliphatic carbocycles. The lowest BCUT2D eigenvalue weighted by Gasteiger charge is -2.04. The highest BCUT2D eigenvalue weighted by Crippen LogP contribution is 2.27. The molecule has 2 aromatic rings. The van der Waals surface area contributed by atoms with E-state index in [9.17, 15) is 0 Å². The second kappa shape index (κ2) is 3.69. The maximum absolute atomic E-state index is 5.87. The number of alkyl halides is 1. The van der Waals surface area contributed by atoms with Crippen molar-refractivity contribution in [2.45, 2.75) is 5.88 Å². The van der Waals surface area contributed by atoms with E-state index in [2.05, 4.69) is 28.1 Å². The first kappa shape index (κ1) is 9.04. The van der Waals surface area contributed by atoms with Gasteiger partial charge in [0, 0.05) is 10.4 Å². The van der Waals surface area contributed by atoms with Gasteiger partial charge in [0.05, 0.1) is 0 Å². The molecule has 13 heavy (non-hydrogen) atoms. The van der Waals surface area contributed by atoms with E-state index in [4.69, 9.17) is 11.6 Å². The summed E-state index contributed by atoms with van der Waals surface area (Å²) in [5, 5.41) is 2.29. The molecule has 65 valence electrons. The van der Waals surface area contributed by atoms with Crippen LogP contribution in [0.2, 0.25) is 0 Å². The van der Waals surface area contributed by atoms with Crippen molar-refractivity contribution in [1.29, 1.82) is 0 Å². The van der Waals surface area contributed by atoms with Crippen LogP contribution in [0.15, 0.2) is 34.8 Å². The third-order valence-electron chi connectivity index (χ3n) is 2.03. The standard InChI is InChI=1S/C11H7BrCl/c12-11-6-5-8-3-1-2-4-9(8)10(11)7-13/h1-4,6H,7H2. The Labute approximate surface area is 90.6 Å². The van der Waals surface area contributed by atoms with Crippen LogP contribution in [0.5, 0.6) is 0 Å². The molecule has 0 unspecified atom stereocenters. The molecule has 0 saturated carbocycles. The number of benzene rings is 2. The van der Waals surface area contributed by atoms with Gasteiger partial charge in [0.25, 0.3) is 0 Å². The predicted molar refractivity (Wildman–Crippen MR) is 60.0 cm³/mol. The minimum atomic E-state index is 0.524. The van der Waals surface area contributed by atoms with Crippen LogP contribution in [-0.4, -0.2) is 0 Å². The van der Waals surface area contributed by atoms with Crippen molar-refractivity contribution in [2.24, 2.45) is 0 Å². The zero-order valence-electron chi connectivity index (χ0n) is 6.85. The molecule has 2 aromatic carbocycles. The number of hydrogen-bond donors (Lipinski definition) is 0. The predicted octanol–water partition coefficient (Wildman–Crippen LogP) is 4.14. The fourth-order valence-electron chi connectivity index (χ4n) is 1.36. The van der Waals surface area contributed by atoms with Crippen molar-refractivity contribution in [3.05, 3.63) is 46.4 Å². The first-order chi connectivity index (χ1) is 6.33. The number of fused-ring (bicyclic) bond motifs is 1. The Morgan fingerprint density at radius 1 is 1.31 bits per heavy atom. The van der Waals surface area contributed by atoms with E-state index in [1.54, 1.807) is 0 Å². The molecule has 2 heteroatoms. The first-order valence-corrected chi connectivity index (χ1v) is 5.29. The average Bonchev–Trinajstić information content (AvgIpc) is 2.18. The molecule has 0 saturated heterocycles. The molecule has 0 N–H and O–H groups in total. The van der Waals surface area contributed by atoms with Crippen molar-refractivity contribution >= 4 is 38.3 Å². The molecular weight excluding hydrogens is 247 g/mol. The molecule has 0 fully saturated rings. The van der Waals surface area contributed by atoms with E-state index in [1.807, 2.05) is 24.3 Å². The van der Waals surface area contributed by atoms with Crippen LogP contribution in [0.4, 0.5) is 0 Å². The van der Waals surface area contributed by atoms with Crippen LogP contribution in [0.25, 0.3) is 10.8 Å². The SMILES string of the molecule is ClCc1c(Br)c[c]c2ccccc12. The van der Waals surface area contributed by atoms with Gasteiger partial charge in [-0.25, -0.2) is 0 Å². The van der Waals surface area contributed by atoms with Gasteiger partial charge in [-0.05, 0) is 28.5 Å². The smallest absolute Gasteiger partial charge is 0.0491 e. The Morgan fingerprint density at radius 3 is 2.85 bits per heavy atom. The quantitative estimate of drug-likeness (QED) is 0.671. The molecule has 0 bridgehead atoms. The summed E-state index contributed by atoms with van der Waals surface area (Å²) in [6.07, 6.45) is 0. The molecule has 0 aliphatic rings. The van der Waals surface area contributed by atoms with Gasteiger partial charge < -0.3 is 0 Å². The van der Waals surface area contributed by atoms with Gasteiger partial charge in [-0.1, -0.05) is 40.2 Å². The van der Waals surface area contributed by atoms with Crippen molar-refractivity contribution in [3.8, 4) is 0 Å². The number of hydrogen-bond acceptors (Lipinski definition) is 0. The largest absolute Gasteiger partial charge is 0.121 e. The van der Waals surface area contributed by atoms with Crippen LogP contribution in [-0.2, 0) is 5.88 Å². The van der Waals surface area contributed by atoms with E-state index in [-0.39, 0.29) is 0 Å². The van der Waals surface area contributed by atoms with E-state index < -0.39 is 0 Å². The van der Waals surface area contributed by atoms with Gasteiger partial charge in [-0.15, -0.1) is 11.6 Å². The summed E-state index contributed by atoms with van der Waals surface area (Å²) in [7, 11) is 0. The Kier molecular flexibility index (Phi) is 2.56. The van der Waals surface area contributed by atoms with E-state index in [0.29, 0.717) is 5.88 Å². The lowest BCUT2D eigenvalue weighted by molar-refractivity contribution is 1.41. The molecule has 2 rings (SSSR count). The van der Waals surface area contributed by atoms with Crippen LogP contribution >= 0.6 is 27.5 Å². The summed E-state index contributed by atoms with van der Waals surface area (Å²) < 4.78 is 1.03. The minimum Gasteiger partial charge on any atom is -0.121 e. The first-order valence-electron chi connectivity index (χ1n) is 3.96. The van der Waals surface area contributed by atoms with Gasteiger partial charge in [0.2, 0.25) is 0 Å². The molecular formula is C11H7BrCl. The topological polar surface area (TPSA) is 0 Å². The summed E-state index contributed by atoms with van der Waals surface area (Å²) in [4.78, 5) is 0. The van der Waals surface area contributed by atoms with Crippen molar-refractivity contribution in [1.82, 2.24) is 0 Å². The third-order valence-corrected chi connectivity index (χ3v) is 3.00. The van der Waals surface area contributed by atoms with Gasteiger partial charge in [0.1, 0.15) is 0 Å². The summed E-state index contributed by atoms with van der Waals surface area (Å²) in [5.74, 6) is 0.524. The van der Waals surface area contributed by atoms with Gasteiger partial charge in [0.15, 0.2) is 0 Å². The Bertz CT molecular complexity index is 437. The highest BCUT2D eigenvalue weighted by molar-refractivity contribution is 9.10. The minimum absolute atomic E-state index is 0.524. The summed E-state index contributed by atoms with van der Waals surface area (Å²) in [6.45, 7) is 0. The fourth-order valence-corrected chi connectivity index (χ4v) is 2.28. The molecule has 0 aromatic heterocycles. The Hall–Kier alpha value is -0.530. The van der Waals surface area contributed by atoms with Crippen LogP contribution in [0.3, 0.4) is 0 Å². The summed E-state index contributed by atoms with van der Waals surface area (Å²) in [5.41, 5.74) is 1.14. The monoisotopic (exact) mass is 253 g/mol. The molecule has 0 nitrogen and oxygen atoms in total. The molecule has 0 aliphatic heterocycles. The zero-order chi connectivity index (χ0) is 9.26. The molecule has 0 spiro atoms. The molecule has 0 atom stereocenters. The van der Waals surface area contributed by atoms with Gasteiger partial charge in [-0.3, -0.25) is 0 Å². The summed E-state index contributed by atoms with van der Waals surface area (Å²) in [6, 6.07) is 13.2. The third kappa shape index (κ3) is 1.59. The lowest BCUT2D eigenvalue weighted by Crippen LogP contribution is -1.83. The van der Waals surface area contributed by atoms with Crippen molar-refractivity contribution in [3.63, 3.8) is 0 Å². The number of halogens is 2. The van der Waals surface area contributed by atoms with E-state index in [1.165, 1.54) is 5.39 Å². The molecule has 0 heterocycles. The number of rotatable bonds is 1. The van der Waals surface area contributed by atoms with Crippen LogP contribution < -0.4 is 0 Å². The second-order valence-corrected chi connectivity index (χ2v) is 3.92. The van der Waals surface area contributed by atoms with Crippen LogP contribution in [0.1, 0.15) is 5.56 Å². The fraction of sp³-hybridized carbons (Fsp3) is 0.0909. The average molecular weight is 255 g/mol. The van der Waals surface area contributed by atoms with E-state index >= 15 is 0 Å². The Morgan fingerprint density at radius 2 is 2.08 bits per heavy atom. The zero-order valence-corrected chi connectivity index (χ0v) is 9.19. The Balaban J connectivity index is 2.84. The maximum Gasteiger partial charge on any atom is 0.0491 e. The lowest BCUT2D eigenvalue weighted by atomic mass is 10.1. The van der Waals surface area contributed by atoms with E-state index in [0.717, 1.165) is 15.4 Å². The van der Waals surface area contributed by atoms with Crippen LogP contribution in [0, 0.1) is 6.07 Å². The molecule has 1 radical (unpaired) electrons. The highest BCUT2D eigenvalue weighted by atomic mass is 79.9. The molecule has 0 amide bonds. The maximum atomic E-state index is 5.87. The normalized spacial score (nSPS) is 10.6. The van der Waals surface area contributed by atoms with Gasteiger partial charge >= 0.3 is 0 Å². The summed E-state index contributed by atoms with van der Waals surface area (Å²) >= 11 is 9.33. The van der Waals surface area contributed by atoms with Crippen molar-refractivity contribution in [2.75, 3.05) is 0 Å².